The molecule has 0 aliphatic carbocycles. The van der Waals surface area contributed by atoms with Gasteiger partial charge in [-0.2, -0.15) is 0 Å². The number of nitrogens with zero attached hydrogens (tertiary/aromatic N) is 2. The van der Waals surface area contributed by atoms with Gasteiger partial charge in [-0.15, -0.1) is 11.3 Å². The summed E-state index contributed by atoms with van der Waals surface area (Å²) >= 11 is 1.58. The standard InChI is InChI=1S/C10H10N2O2S/c1-7-6-15-9(11-7)5-12-3-2-8(4-12)10(13)14/h2-4,6H,5H2,1H3,(H,13,14). The molecular formula is C10H10N2O2S. The second-order valence-corrected chi connectivity index (χ2v) is 4.20. The van der Waals surface area contributed by atoms with Crippen molar-refractivity contribution >= 4 is 17.3 Å². The first-order chi connectivity index (χ1) is 7.15. The molecule has 2 aromatic rings. The summed E-state index contributed by atoms with van der Waals surface area (Å²) in [5.41, 5.74) is 1.31. The first-order valence-electron chi connectivity index (χ1n) is 4.45. The maximum atomic E-state index is 10.6. The Labute approximate surface area is 90.8 Å². The minimum absolute atomic E-state index is 0.309. The SMILES string of the molecule is Cc1csc(Cn2ccc(C(=O)O)c2)n1. The van der Waals surface area contributed by atoms with Gasteiger partial charge in [-0.1, -0.05) is 0 Å². The number of carbonyl (C=O) groups is 1. The fourth-order valence-electron chi connectivity index (χ4n) is 1.30. The molecule has 0 bridgehead atoms. The molecule has 0 radical (unpaired) electrons. The van der Waals surface area contributed by atoms with E-state index in [-0.39, 0.29) is 0 Å². The average molecular weight is 222 g/mol. The van der Waals surface area contributed by atoms with Crippen molar-refractivity contribution in [2.24, 2.45) is 0 Å². The van der Waals surface area contributed by atoms with Crippen molar-refractivity contribution in [3.05, 3.63) is 40.1 Å². The van der Waals surface area contributed by atoms with E-state index in [4.69, 9.17) is 5.11 Å². The summed E-state index contributed by atoms with van der Waals surface area (Å²) in [7, 11) is 0. The van der Waals surface area contributed by atoms with Crippen molar-refractivity contribution < 1.29 is 9.90 Å². The Kier molecular flexibility index (Phi) is 2.55. The summed E-state index contributed by atoms with van der Waals surface area (Å²) in [5.74, 6) is -0.899. The van der Waals surface area contributed by atoms with Crippen LogP contribution in [0.4, 0.5) is 0 Å². The number of hydrogen-bond acceptors (Lipinski definition) is 3. The fraction of sp³-hybridized carbons (Fsp3) is 0.200. The molecule has 0 saturated carbocycles. The van der Waals surface area contributed by atoms with Crippen LogP contribution in [0.2, 0.25) is 0 Å². The highest BCUT2D eigenvalue weighted by Gasteiger charge is 2.05. The van der Waals surface area contributed by atoms with Crippen molar-refractivity contribution in [2.75, 3.05) is 0 Å². The molecule has 0 aliphatic rings. The first kappa shape index (κ1) is 9.92. The number of aryl methyl sites for hydroxylation is 1. The van der Waals surface area contributed by atoms with Crippen molar-refractivity contribution in [2.45, 2.75) is 13.5 Å². The van der Waals surface area contributed by atoms with Crippen LogP contribution in [0.15, 0.2) is 23.8 Å². The molecule has 15 heavy (non-hydrogen) atoms. The molecule has 0 unspecified atom stereocenters. The quantitative estimate of drug-likeness (QED) is 0.864. The summed E-state index contributed by atoms with van der Waals surface area (Å²) in [4.78, 5) is 15.0. The van der Waals surface area contributed by atoms with E-state index in [1.54, 1.807) is 29.8 Å². The van der Waals surface area contributed by atoms with Crippen LogP contribution >= 0.6 is 11.3 Å². The van der Waals surface area contributed by atoms with E-state index >= 15 is 0 Å². The highest BCUT2D eigenvalue weighted by Crippen LogP contribution is 2.11. The van der Waals surface area contributed by atoms with Crippen LogP contribution in [0, 0.1) is 6.92 Å². The fourth-order valence-corrected chi connectivity index (χ4v) is 2.08. The molecule has 5 heteroatoms. The molecule has 0 fully saturated rings. The molecular weight excluding hydrogens is 212 g/mol. The molecule has 78 valence electrons. The molecule has 0 aliphatic heterocycles. The van der Waals surface area contributed by atoms with E-state index in [9.17, 15) is 4.79 Å². The lowest BCUT2D eigenvalue weighted by Crippen LogP contribution is -1.97. The second kappa shape index (κ2) is 3.86. The van der Waals surface area contributed by atoms with Gasteiger partial charge in [0.2, 0.25) is 0 Å². The lowest BCUT2D eigenvalue weighted by Gasteiger charge is -1.97. The van der Waals surface area contributed by atoms with Crippen LogP contribution in [-0.2, 0) is 6.54 Å². The molecule has 1 N–H and O–H groups in total. The minimum atomic E-state index is -0.899. The predicted octanol–water partition coefficient (Wildman–Crippen LogP) is 2.00. The van der Waals surface area contributed by atoms with E-state index in [1.807, 2.05) is 16.9 Å². The number of aromatic carboxylic acids is 1. The zero-order chi connectivity index (χ0) is 10.8. The number of carboxylic acid groups (broad SMARTS) is 1. The van der Waals surface area contributed by atoms with Crippen LogP contribution in [0.1, 0.15) is 21.1 Å². The third-order valence-corrected chi connectivity index (χ3v) is 2.93. The van der Waals surface area contributed by atoms with Crippen molar-refractivity contribution in [3.8, 4) is 0 Å². The Morgan fingerprint density at radius 1 is 1.67 bits per heavy atom. The van der Waals surface area contributed by atoms with Gasteiger partial charge in [0, 0.05) is 23.5 Å². The molecule has 4 nitrogen and oxygen atoms in total. The number of thiazole rings is 1. The number of aromatic nitrogens is 2. The van der Waals surface area contributed by atoms with E-state index < -0.39 is 5.97 Å². The van der Waals surface area contributed by atoms with Crippen molar-refractivity contribution in [1.82, 2.24) is 9.55 Å². The first-order valence-corrected chi connectivity index (χ1v) is 5.33. The van der Waals surface area contributed by atoms with Gasteiger partial charge in [-0.25, -0.2) is 9.78 Å². The number of carboxylic acids is 1. The van der Waals surface area contributed by atoms with Gasteiger partial charge in [0.15, 0.2) is 0 Å². The summed E-state index contributed by atoms with van der Waals surface area (Å²) in [6, 6.07) is 1.59. The van der Waals surface area contributed by atoms with Crippen LogP contribution < -0.4 is 0 Å². The Balaban J connectivity index is 2.14. The van der Waals surface area contributed by atoms with E-state index in [0.717, 1.165) is 10.7 Å². The Morgan fingerprint density at radius 2 is 2.47 bits per heavy atom. The van der Waals surface area contributed by atoms with Crippen molar-refractivity contribution in [1.29, 1.82) is 0 Å². The average Bonchev–Trinajstić information content (AvgIpc) is 2.76. The predicted molar refractivity (Wildman–Crippen MR) is 57.3 cm³/mol. The number of rotatable bonds is 3. The highest BCUT2D eigenvalue weighted by molar-refractivity contribution is 7.09. The molecule has 0 amide bonds. The summed E-state index contributed by atoms with van der Waals surface area (Å²) < 4.78 is 1.82. The molecule has 0 atom stereocenters. The van der Waals surface area contributed by atoms with Crippen LogP contribution in [0.3, 0.4) is 0 Å². The molecule has 2 heterocycles. The zero-order valence-corrected chi connectivity index (χ0v) is 8.99. The van der Waals surface area contributed by atoms with Crippen LogP contribution in [-0.4, -0.2) is 20.6 Å². The normalized spacial score (nSPS) is 10.5. The Hall–Kier alpha value is -1.62. The largest absolute Gasteiger partial charge is 0.478 e. The lowest BCUT2D eigenvalue weighted by atomic mass is 10.4. The van der Waals surface area contributed by atoms with E-state index in [1.165, 1.54) is 0 Å². The molecule has 0 spiro atoms. The minimum Gasteiger partial charge on any atom is -0.478 e. The Bertz CT molecular complexity index is 487. The summed E-state index contributed by atoms with van der Waals surface area (Å²) in [6.45, 7) is 2.57. The molecule has 2 aromatic heterocycles. The van der Waals surface area contributed by atoms with Gasteiger partial charge in [-0.3, -0.25) is 0 Å². The maximum Gasteiger partial charge on any atom is 0.337 e. The van der Waals surface area contributed by atoms with Crippen molar-refractivity contribution in [3.63, 3.8) is 0 Å². The van der Waals surface area contributed by atoms with Gasteiger partial charge in [-0.05, 0) is 13.0 Å². The van der Waals surface area contributed by atoms with Crippen LogP contribution in [0.5, 0.6) is 0 Å². The van der Waals surface area contributed by atoms with Gasteiger partial charge < -0.3 is 9.67 Å². The van der Waals surface area contributed by atoms with Gasteiger partial charge in [0.25, 0.3) is 0 Å². The Morgan fingerprint density at radius 3 is 3.00 bits per heavy atom. The van der Waals surface area contributed by atoms with E-state index in [0.29, 0.717) is 12.1 Å². The summed E-state index contributed by atoms with van der Waals surface area (Å²) in [6.07, 6.45) is 3.36. The smallest absolute Gasteiger partial charge is 0.337 e. The molecule has 0 saturated heterocycles. The topological polar surface area (TPSA) is 55.1 Å². The van der Waals surface area contributed by atoms with Gasteiger partial charge in [0.1, 0.15) is 5.01 Å². The second-order valence-electron chi connectivity index (χ2n) is 3.26. The molecule has 0 aromatic carbocycles. The highest BCUT2D eigenvalue weighted by atomic mass is 32.1. The van der Waals surface area contributed by atoms with Crippen LogP contribution in [0.25, 0.3) is 0 Å². The third kappa shape index (κ3) is 2.24. The van der Waals surface area contributed by atoms with E-state index in [2.05, 4.69) is 4.98 Å². The number of hydrogen-bond donors (Lipinski definition) is 1. The zero-order valence-electron chi connectivity index (χ0n) is 8.17. The maximum absolute atomic E-state index is 10.6. The monoisotopic (exact) mass is 222 g/mol. The third-order valence-electron chi connectivity index (χ3n) is 1.98. The summed E-state index contributed by atoms with van der Waals surface area (Å²) in [5, 5.41) is 11.7. The lowest BCUT2D eigenvalue weighted by molar-refractivity contribution is 0.0697. The van der Waals surface area contributed by atoms with Gasteiger partial charge in [0.05, 0.1) is 12.1 Å². The van der Waals surface area contributed by atoms with Gasteiger partial charge >= 0.3 is 5.97 Å². The molecule has 2 rings (SSSR count).